The quantitative estimate of drug-likeness (QED) is 0.655. The van der Waals surface area contributed by atoms with Gasteiger partial charge in [-0.05, 0) is 35.3 Å². The molecule has 0 N–H and O–H groups in total. The first kappa shape index (κ1) is 15.6. The van der Waals surface area contributed by atoms with Crippen molar-refractivity contribution >= 4 is 31.9 Å². The van der Waals surface area contributed by atoms with E-state index in [-0.39, 0.29) is 0 Å². The van der Waals surface area contributed by atoms with Crippen LogP contribution in [-0.4, -0.2) is 9.78 Å². The fourth-order valence-electron chi connectivity index (χ4n) is 2.06. The van der Waals surface area contributed by atoms with Gasteiger partial charge in [0.05, 0.1) is 15.9 Å². The number of hydrogen-bond acceptors (Lipinski definition) is 2. The maximum absolute atomic E-state index is 5.97. The highest BCUT2D eigenvalue weighted by Crippen LogP contribution is 2.26. The van der Waals surface area contributed by atoms with Gasteiger partial charge in [0.15, 0.2) is 0 Å². The molecule has 0 bridgehead atoms. The molecule has 2 aromatic rings. The molecule has 20 heavy (non-hydrogen) atoms. The molecule has 1 aromatic heterocycles. The summed E-state index contributed by atoms with van der Waals surface area (Å²) in [6.45, 7) is 5.56. The first-order valence-electron chi connectivity index (χ1n) is 6.71. The first-order chi connectivity index (χ1) is 9.71. The van der Waals surface area contributed by atoms with Crippen molar-refractivity contribution in [3.8, 4) is 5.75 Å². The number of halogens is 2. The molecule has 108 valence electrons. The van der Waals surface area contributed by atoms with Crippen LogP contribution in [0.4, 0.5) is 0 Å². The van der Waals surface area contributed by atoms with E-state index in [4.69, 9.17) is 4.74 Å². The third kappa shape index (κ3) is 3.26. The number of alkyl halides is 1. The van der Waals surface area contributed by atoms with E-state index in [1.165, 1.54) is 0 Å². The highest BCUT2D eigenvalue weighted by atomic mass is 79.9. The van der Waals surface area contributed by atoms with Gasteiger partial charge in [0.2, 0.25) is 0 Å². The van der Waals surface area contributed by atoms with Gasteiger partial charge in [-0.1, -0.05) is 41.1 Å². The summed E-state index contributed by atoms with van der Waals surface area (Å²) in [5, 5.41) is 5.37. The molecule has 1 heterocycles. The number of para-hydroxylation sites is 1. The summed E-state index contributed by atoms with van der Waals surface area (Å²) in [6.07, 6.45) is 0.915. The number of benzene rings is 1. The fourth-order valence-corrected chi connectivity index (χ4v) is 3.20. The molecule has 0 radical (unpaired) electrons. The second-order valence-electron chi connectivity index (χ2n) is 4.41. The molecule has 0 saturated carbocycles. The van der Waals surface area contributed by atoms with Crippen LogP contribution >= 0.6 is 31.9 Å². The van der Waals surface area contributed by atoms with Gasteiger partial charge < -0.3 is 4.74 Å². The molecule has 0 spiro atoms. The summed E-state index contributed by atoms with van der Waals surface area (Å²) in [6, 6.07) is 8.07. The Bertz CT molecular complexity index is 581. The van der Waals surface area contributed by atoms with Crippen molar-refractivity contribution in [1.82, 2.24) is 9.78 Å². The lowest BCUT2D eigenvalue weighted by molar-refractivity contribution is 0.289. The number of aryl methyl sites for hydroxylation is 2. The van der Waals surface area contributed by atoms with E-state index in [9.17, 15) is 0 Å². The van der Waals surface area contributed by atoms with Gasteiger partial charge in [-0.2, -0.15) is 5.10 Å². The molecule has 0 aliphatic carbocycles. The molecular weight excluding hydrogens is 384 g/mol. The van der Waals surface area contributed by atoms with Gasteiger partial charge >= 0.3 is 0 Å². The molecule has 0 unspecified atom stereocenters. The lowest BCUT2D eigenvalue weighted by Crippen LogP contribution is -2.07. The Kier molecular flexibility index (Phi) is 5.66. The van der Waals surface area contributed by atoms with Crippen LogP contribution in [0.3, 0.4) is 0 Å². The predicted molar refractivity (Wildman–Crippen MR) is 88.4 cm³/mol. The Balaban J connectivity index is 2.20. The number of nitrogens with zero attached hydrogens (tertiary/aromatic N) is 2. The van der Waals surface area contributed by atoms with E-state index in [2.05, 4.69) is 56.9 Å². The largest absolute Gasteiger partial charge is 0.487 e. The van der Waals surface area contributed by atoms with Crippen LogP contribution in [0, 0.1) is 0 Å². The van der Waals surface area contributed by atoms with E-state index in [1.54, 1.807) is 0 Å². The van der Waals surface area contributed by atoms with Crippen LogP contribution in [-0.2, 0) is 24.9 Å². The van der Waals surface area contributed by atoms with Crippen LogP contribution in [0.2, 0.25) is 0 Å². The summed E-state index contributed by atoms with van der Waals surface area (Å²) >= 11 is 7.13. The van der Waals surface area contributed by atoms with Crippen LogP contribution in [0.25, 0.3) is 0 Å². The van der Waals surface area contributed by atoms with Crippen molar-refractivity contribution in [2.24, 2.45) is 0 Å². The molecule has 0 amide bonds. The maximum Gasteiger partial charge on any atom is 0.131 e. The van der Waals surface area contributed by atoms with Gasteiger partial charge in [0, 0.05) is 17.4 Å². The molecule has 0 atom stereocenters. The van der Waals surface area contributed by atoms with Gasteiger partial charge in [-0.3, -0.25) is 4.68 Å². The van der Waals surface area contributed by atoms with Crippen LogP contribution in [0.5, 0.6) is 5.75 Å². The maximum atomic E-state index is 5.97. The molecular formula is C15H18Br2N2O. The fraction of sp³-hybridized carbons (Fsp3) is 0.400. The average molecular weight is 402 g/mol. The van der Waals surface area contributed by atoms with Crippen molar-refractivity contribution in [3.05, 3.63) is 45.7 Å². The van der Waals surface area contributed by atoms with Crippen molar-refractivity contribution in [2.45, 2.75) is 38.8 Å². The van der Waals surface area contributed by atoms with Gasteiger partial charge in [0.25, 0.3) is 0 Å². The van der Waals surface area contributed by atoms with Crippen molar-refractivity contribution in [1.29, 1.82) is 0 Å². The first-order valence-corrected chi connectivity index (χ1v) is 8.63. The van der Waals surface area contributed by atoms with E-state index in [0.29, 0.717) is 6.61 Å². The number of rotatable bonds is 6. The summed E-state index contributed by atoms with van der Waals surface area (Å²) < 4.78 is 9.04. The third-order valence-corrected chi connectivity index (χ3v) is 4.69. The van der Waals surface area contributed by atoms with Gasteiger partial charge in [-0.25, -0.2) is 0 Å². The second-order valence-corrected chi connectivity index (χ2v) is 5.76. The van der Waals surface area contributed by atoms with Crippen LogP contribution in [0.1, 0.15) is 30.8 Å². The lowest BCUT2D eigenvalue weighted by atomic mass is 10.2. The summed E-state index contributed by atoms with van der Waals surface area (Å²) in [5.41, 5.74) is 3.33. The number of ether oxygens (including phenoxy) is 1. The Hall–Kier alpha value is -0.810. The van der Waals surface area contributed by atoms with Gasteiger partial charge in [-0.15, -0.1) is 0 Å². The van der Waals surface area contributed by atoms with Crippen molar-refractivity contribution in [3.63, 3.8) is 0 Å². The molecule has 3 nitrogen and oxygen atoms in total. The molecule has 0 aliphatic rings. The smallest absolute Gasteiger partial charge is 0.131 e. The minimum atomic E-state index is 0.519. The SMILES string of the molecule is CCc1nn(CC)c(COc2ccccc2CBr)c1Br. The molecule has 0 fully saturated rings. The molecule has 0 aliphatic heterocycles. The number of aromatic nitrogens is 2. The van der Waals surface area contributed by atoms with Gasteiger partial charge in [0.1, 0.15) is 12.4 Å². The zero-order chi connectivity index (χ0) is 14.5. The second kappa shape index (κ2) is 7.27. The van der Waals surface area contributed by atoms with E-state index in [1.807, 2.05) is 22.9 Å². The minimum Gasteiger partial charge on any atom is -0.487 e. The van der Waals surface area contributed by atoms with E-state index < -0.39 is 0 Å². The third-order valence-electron chi connectivity index (χ3n) is 3.18. The minimum absolute atomic E-state index is 0.519. The standard InChI is InChI=1S/C15H18Br2N2O/c1-3-12-15(17)13(19(4-2)18-12)10-20-14-8-6-5-7-11(14)9-16/h5-8H,3-4,9-10H2,1-2H3. The summed E-state index contributed by atoms with van der Waals surface area (Å²) in [4.78, 5) is 0. The molecule has 2 rings (SSSR count). The van der Waals surface area contributed by atoms with Crippen LogP contribution < -0.4 is 4.74 Å². The highest BCUT2D eigenvalue weighted by Gasteiger charge is 2.14. The Morgan fingerprint density at radius 2 is 2.00 bits per heavy atom. The Morgan fingerprint density at radius 3 is 2.65 bits per heavy atom. The molecule has 0 saturated heterocycles. The topological polar surface area (TPSA) is 27.1 Å². The highest BCUT2D eigenvalue weighted by molar-refractivity contribution is 9.10. The monoisotopic (exact) mass is 400 g/mol. The van der Waals surface area contributed by atoms with E-state index in [0.717, 1.165) is 45.5 Å². The number of hydrogen-bond donors (Lipinski definition) is 0. The van der Waals surface area contributed by atoms with Crippen molar-refractivity contribution < 1.29 is 4.74 Å². The zero-order valence-corrected chi connectivity index (χ0v) is 14.9. The van der Waals surface area contributed by atoms with Crippen molar-refractivity contribution in [2.75, 3.05) is 0 Å². The van der Waals surface area contributed by atoms with E-state index >= 15 is 0 Å². The summed E-state index contributed by atoms with van der Waals surface area (Å²) in [7, 11) is 0. The average Bonchev–Trinajstić information content (AvgIpc) is 2.81. The Morgan fingerprint density at radius 1 is 1.25 bits per heavy atom. The summed E-state index contributed by atoms with van der Waals surface area (Å²) in [5.74, 6) is 0.915. The normalized spacial score (nSPS) is 10.8. The lowest BCUT2D eigenvalue weighted by Gasteiger charge is -2.11. The van der Waals surface area contributed by atoms with Crippen LogP contribution in [0.15, 0.2) is 28.7 Å². The zero-order valence-electron chi connectivity index (χ0n) is 11.7. The Labute approximate surface area is 136 Å². The predicted octanol–water partition coefficient (Wildman–Crippen LogP) is 4.70. The molecule has 1 aromatic carbocycles. The molecule has 5 heteroatoms.